The van der Waals surface area contributed by atoms with Crippen LogP contribution in [0.4, 0.5) is 0 Å². The summed E-state index contributed by atoms with van der Waals surface area (Å²) in [5, 5.41) is 11.7. The minimum absolute atomic E-state index is 0.0995. The van der Waals surface area contributed by atoms with E-state index in [-0.39, 0.29) is 23.6 Å². The summed E-state index contributed by atoms with van der Waals surface area (Å²) in [7, 11) is 0. The zero-order valence-corrected chi connectivity index (χ0v) is 11.2. The van der Waals surface area contributed by atoms with Crippen LogP contribution in [-0.4, -0.2) is 34.9 Å². The molecule has 0 aromatic carbocycles. The first-order valence-corrected chi connectivity index (χ1v) is 6.86. The second kappa shape index (κ2) is 5.16. The normalized spacial score (nSPS) is 31.9. The maximum atomic E-state index is 12.4. The van der Waals surface area contributed by atoms with Crippen LogP contribution in [0.5, 0.6) is 0 Å². The molecule has 3 unspecified atom stereocenters. The quantitative estimate of drug-likeness (QED) is 0.335. The Hall–Kier alpha value is -1.26. The van der Waals surface area contributed by atoms with Gasteiger partial charge in [-0.05, 0) is 31.6 Å². The molecule has 0 aromatic rings. The van der Waals surface area contributed by atoms with Gasteiger partial charge in [-0.25, -0.2) is 0 Å². The van der Waals surface area contributed by atoms with E-state index in [4.69, 9.17) is 10.9 Å². The second-order valence-electron chi connectivity index (χ2n) is 5.59. The van der Waals surface area contributed by atoms with Crippen LogP contribution in [-0.2, 0) is 4.79 Å². The molecular formula is C13H23N3O2. The lowest BCUT2D eigenvalue weighted by molar-refractivity contribution is -0.133. The van der Waals surface area contributed by atoms with Crippen molar-refractivity contribution in [1.29, 1.82) is 0 Å². The third-order valence-corrected chi connectivity index (χ3v) is 4.50. The summed E-state index contributed by atoms with van der Waals surface area (Å²) in [5.74, 6) is 1.91. The summed E-state index contributed by atoms with van der Waals surface area (Å²) in [6.45, 7) is 5.09. The summed E-state index contributed by atoms with van der Waals surface area (Å²) in [5.41, 5.74) is 5.57. The van der Waals surface area contributed by atoms with Gasteiger partial charge in [0.1, 0.15) is 5.84 Å². The average molecular weight is 253 g/mol. The molecule has 5 heteroatoms. The largest absolute Gasteiger partial charge is 0.409 e. The van der Waals surface area contributed by atoms with Crippen LogP contribution < -0.4 is 5.73 Å². The number of nitrogens with two attached hydrogens (primary N) is 1. The predicted molar refractivity (Wildman–Crippen MR) is 69.1 cm³/mol. The highest BCUT2D eigenvalue weighted by molar-refractivity contribution is 5.85. The molecule has 2 saturated carbocycles. The zero-order valence-electron chi connectivity index (χ0n) is 11.2. The third kappa shape index (κ3) is 2.31. The summed E-state index contributed by atoms with van der Waals surface area (Å²) >= 11 is 0. The standard InChI is InChI=1S/C13H23N3O2/c1-3-16(7-8(2)12(14)15-18)13(17)11-9-5-4-6-10(9)11/h8-11,18H,3-7H2,1-2H3,(H2,14,15). The van der Waals surface area contributed by atoms with Crippen LogP contribution in [0, 0.1) is 23.7 Å². The van der Waals surface area contributed by atoms with E-state index in [0.29, 0.717) is 24.9 Å². The number of carbonyl (C=O) groups is 1. The van der Waals surface area contributed by atoms with Crippen molar-refractivity contribution in [3.05, 3.63) is 0 Å². The van der Waals surface area contributed by atoms with Crippen LogP contribution in [0.3, 0.4) is 0 Å². The van der Waals surface area contributed by atoms with Crippen molar-refractivity contribution >= 4 is 11.7 Å². The molecule has 0 spiro atoms. The van der Waals surface area contributed by atoms with Gasteiger partial charge in [0.15, 0.2) is 0 Å². The third-order valence-electron chi connectivity index (χ3n) is 4.50. The van der Waals surface area contributed by atoms with Crippen molar-refractivity contribution in [2.75, 3.05) is 13.1 Å². The van der Waals surface area contributed by atoms with Crippen LogP contribution in [0.25, 0.3) is 0 Å². The van der Waals surface area contributed by atoms with E-state index in [1.165, 1.54) is 19.3 Å². The molecule has 2 fully saturated rings. The first-order valence-electron chi connectivity index (χ1n) is 6.86. The van der Waals surface area contributed by atoms with E-state index in [1.54, 1.807) is 0 Å². The number of hydrogen-bond donors (Lipinski definition) is 2. The smallest absolute Gasteiger partial charge is 0.226 e. The molecule has 5 nitrogen and oxygen atoms in total. The molecule has 1 amide bonds. The molecule has 102 valence electrons. The molecule has 0 aromatic heterocycles. The van der Waals surface area contributed by atoms with Crippen molar-refractivity contribution in [3.8, 4) is 0 Å². The van der Waals surface area contributed by atoms with Gasteiger partial charge in [-0.3, -0.25) is 4.79 Å². The van der Waals surface area contributed by atoms with Crippen molar-refractivity contribution in [2.24, 2.45) is 34.6 Å². The minimum Gasteiger partial charge on any atom is -0.409 e. The number of amides is 1. The highest BCUT2D eigenvalue weighted by atomic mass is 16.4. The molecule has 2 rings (SSSR count). The van der Waals surface area contributed by atoms with Gasteiger partial charge in [0, 0.05) is 24.9 Å². The van der Waals surface area contributed by atoms with Gasteiger partial charge in [-0.15, -0.1) is 0 Å². The lowest BCUT2D eigenvalue weighted by Gasteiger charge is -2.24. The fourth-order valence-corrected chi connectivity index (χ4v) is 3.30. The molecule has 0 saturated heterocycles. The SMILES string of the molecule is CCN(CC(C)C(N)=NO)C(=O)C1C2CCCC21. The van der Waals surface area contributed by atoms with Crippen molar-refractivity contribution in [1.82, 2.24) is 4.90 Å². The minimum atomic E-state index is -0.0995. The topological polar surface area (TPSA) is 78.9 Å². The van der Waals surface area contributed by atoms with Gasteiger partial charge >= 0.3 is 0 Å². The van der Waals surface area contributed by atoms with Crippen molar-refractivity contribution < 1.29 is 10.0 Å². The average Bonchev–Trinajstić information content (AvgIpc) is 2.86. The molecule has 0 radical (unpaired) electrons. The number of rotatable bonds is 5. The van der Waals surface area contributed by atoms with Crippen LogP contribution in [0.2, 0.25) is 0 Å². The monoisotopic (exact) mass is 253 g/mol. The molecule has 18 heavy (non-hydrogen) atoms. The van der Waals surface area contributed by atoms with Gasteiger partial charge in [-0.2, -0.15) is 0 Å². The number of nitrogens with zero attached hydrogens (tertiary/aromatic N) is 2. The van der Waals surface area contributed by atoms with E-state index in [2.05, 4.69) is 5.16 Å². The fraction of sp³-hybridized carbons (Fsp3) is 0.846. The van der Waals surface area contributed by atoms with Crippen molar-refractivity contribution in [2.45, 2.75) is 33.1 Å². The summed E-state index contributed by atoms with van der Waals surface area (Å²) in [6, 6.07) is 0. The Kier molecular flexibility index (Phi) is 3.78. The Morgan fingerprint density at radius 2 is 2.11 bits per heavy atom. The van der Waals surface area contributed by atoms with Crippen LogP contribution in [0.1, 0.15) is 33.1 Å². The number of fused-ring (bicyclic) bond motifs is 1. The number of carbonyl (C=O) groups excluding carboxylic acids is 1. The molecule has 0 bridgehead atoms. The van der Waals surface area contributed by atoms with Crippen LogP contribution in [0.15, 0.2) is 5.16 Å². The molecule has 0 aliphatic heterocycles. The van der Waals surface area contributed by atoms with Gasteiger partial charge in [0.2, 0.25) is 5.91 Å². The first-order chi connectivity index (χ1) is 8.60. The van der Waals surface area contributed by atoms with Gasteiger partial charge < -0.3 is 15.8 Å². The number of oxime groups is 1. The maximum Gasteiger partial charge on any atom is 0.226 e. The zero-order chi connectivity index (χ0) is 13.3. The summed E-state index contributed by atoms with van der Waals surface area (Å²) < 4.78 is 0. The molecule has 3 N–H and O–H groups in total. The van der Waals surface area contributed by atoms with E-state index < -0.39 is 0 Å². The highest BCUT2D eigenvalue weighted by Gasteiger charge is 2.57. The first kappa shape index (κ1) is 13.2. The number of hydrogen-bond acceptors (Lipinski definition) is 3. The van der Waals surface area contributed by atoms with Gasteiger partial charge in [0.25, 0.3) is 0 Å². The molecular weight excluding hydrogens is 230 g/mol. The van der Waals surface area contributed by atoms with Crippen LogP contribution >= 0.6 is 0 Å². The Labute approximate surface area is 108 Å². The lowest BCUT2D eigenvalue weighted by atomic mass is 10.1. The predicted octanol–water partition coefficient (Wildman–Crippen LogP) is 1.26. The second-order valence-corrected chi connectivity index (χ2v) is 5.59. The van der Waals surface area contributed by atoms with E-state index in [1.807, 2.05) is 18.7 Å². The summed E-state index contributed by atoms with van der Waals surface area (Å²) in [6.07, 6.45) is 3.72. The summed E-state index contributed by atoms with van der Waals surface area (Å²) in [4.78, 5) is 14.2. The fourth-order valence-electron chi connectivity index (χ4n) is 3.30. The Morgan fingerprint density at radius 1 is 1.50 bits per heavy atom. The van der Waals surface area contributed by atoms with E-state index >= 15 is 0 Å². The Balaban J connectivity index is 1.91. The van der Waals surface area contributed by atoms with Crippen molar-refractivity contribution in [3.63, 3.8) is 0 Å². The molecule has 2 aliphatic carbocycles. The molecule has 3 atom stereocenters. The maximum absolute atomic E-state index is 12.4. The van der Waals surface area contributed by atoms with E-state index in [9.17, 15) is 4.79 Å². The van der Waals surface area contributed by atoms with Gasteiger partial charge in [0.05, 0.1) is 0 Å². The molecule has 0 heterocycles. The van der Waals surface area contributed by atoms with Gasteiger partial charge in [-0.1, -0.05) is 18.5 Å². The lowest BCUT2D eigenvalue weighted by Crippen LogP contribution is -2.40. The molecule has 2 aliphatic rings. The highest BCUT2D eigenvalue weighted by Crippen LogP contribution is 2.58. The van der Waals surface area contributed by atoms with E-state index in [0.717, 1.165) is 0 Å². The Bertz CT molecular complexity index is 346. The Morgan fingerprint density at radius 3 is 2.61 bits per heavy atom. The number of amidine groups is 1.